The predicted molar refractivity (Wildman–Crippen MR) is 122 cm³/mol. The Balaban J connectivity index is 1.74. The first kappa shape index (κ1) is 23.8. The summed E-state index contributed by atoms with van der Waals surface area (Å²) < 4.78 is 6.75. The van der Waals surface area contributed by atoms with Crippen LogP contribution < -0.4 is 16.6 Å². The second-order valence-electron chi connectivity index (χ2n) is 9.45. The molecule has 10 heteroatoms. The summed E-state index contributed by atoms with van der Waals surface area (Å²) in [6.07, 6.45) is 1.27. The lowest BCUT2D eigenvalue weighted by Crippen LogP contribution is -2.41. The average molecular weight is 453 g/mol. The number of carbonyl (C=O) groups excluding carboxylic acids is 2. The van der Waals surface area contributed by atoms with Crippen molar-refractivity contribution in [1.29, 1.82) is 0 Å². The molecule has 3 N–H and O–H groups in total. The highest BCUT2D eigenvalue weighted by atomic mass is 16.4. The number of anilines is 1. The number of hydrogen-bond donors (Lipinski definition) is 2. The number of nitrogen functional groups attached to an aromatic ring is 1. The van der Waals surface area contributed by atoms with Crippen molar-refractivity contribution in [3.05, 3.63) is 58.7 Å². The molecule has 0 atom stereocenters. The third-order valence-electron chi connectivity index (χ3n) is 5.01. The molecule has 2 heterocycles. The third-order valence-corrected chi connectivity index (χ3v) is 5.01. The summed E-state index contributed by atoms with van der Waals surface area (Å²) in [7, 11) is 0. The molecule has 0 fully saturated rings. The van der Waals surface area contributed by atoms with E-state index in [1.807, 2.05) is 26.8 Å². The fourth-order valence-electron chi connectivity index (χ4n) is 2.98. The summed E-state index contributed by atoms with van der Waals surface area (Å²) in [5, 5.41) is 10.5. The van der Waals surface area contributed by atoms with Crippen molar-refractivity contribution in [2.75, 3.05) is 12.3 Å². The molecule has 0 aliphatic rings. The lowest BCUT2D eigenvalue weighted by Gasteiger charge is -2.22. The molecule has 0 bridgehead atoms. The van der Waals surface area contributed by atoms with Crippen LogP contribution in [0.5, 0.6) is 0 Å². The SMILES string of the molecule is CC(C)(CNC(=O)Cn1c(-c2ccccc2)ncc(N)c1=O)C(=O)c1nnc(C(C)(C)C)o1. The molecular formula is C23H28N6O4. The topological polar surface area (TPSA) is 146 Å². The lowest BCUT2D eigenvalue weighted by molar-refractivity contribution is -0.122. The first-order valence-electron chi connectivity index (χ1n) is 10.5. The van der Waals surface area contributed by atoms with Crippen LogP contribution in [-0.2, 0) is 16.8 Å². The Bertz CT molecular complexity index is 1220. The number of carbonyl (C=O) groups is 2. The summed E-state index contributed by atoms with van der Waals surface area (Å²) in [6.45, 7) is 8.73. The predicted octanol–water partition coefficient (Wildman–Crippen LogP) is 2.20. The summed E-state index contributed by atoms with van der Waals surface area (Å²) in [5.74, 6) is -0.294. The van der Waals surface area contributed by atoms with Crippen LogP contribution in [0.3, 0.4) is 0 Å². The van der Waals surface area contributed by atoms with E-state index in [1.165, 1.54) is 10.8 Å². The number of hydrogen-bond acceptors (Lipinski definition) is 8. The van der Waals surface area contributed by atoms with Gasteiger partial charge in [0.05, 0.1) is 11.6 Å². The van der Waals surface area contributed by atoms with Gasteiger partial charge < -0.3 is 15.5 Å². The van der Waals surface area contributed by atoms with Crippen LogP contribution in [-0.4, -0.2) is 38.0 Å². The van der Waals surface area contributed by atoms with Crippen molar-refractivity contribution >= 4 is 17.4 Å². The van der Waals surface area contributed by atoms with Gasteiger partial charge in [0, 0.05) is 17.5 Å². The molecule has 0 spiro atoms. The number of ketones is 1. The molecular weight excluding hydrogens is 424 g/mol. The molecule has 1 aromatic carbocycles. The van der Waals surface area contributed by atoms with Gasteiger partial charge in [0.25, 0.3) is 11.4 Å². The first-order chi connectivity index (χ1) is 15.4. The van der Waals surface area contributed by atoms with Gasteiger partial charge in [-0.2, -0.15) is 0 Å². The molecule has 10 nitrogen and oxygen atoms in total. The molecule has 174 valence electrons. The Morgan fingerprint density at radius 3 is 2.36 bits per heavy atom. The smallest absolute Gasteiger partial charge is 0.284 e. The number of aromatic nitrogens is 4. The van der Waals surface area contributed by atoms with Crippen LogP contribution in [0.15, 0.2) is 45.7 Å². The molecule has 0 unspecified atom stereocenters. The largest absolute Gasteiger partial charge is 0.418 e. The maximum Gasteiger partial charge on any atom is 0.284 e. The van der Waals surface area contributed by atoms with Gasteiger partial charge in [-0.25, -0.2) is 4.98 Å². The van der Waals surface area contributed by atoms with Crippen molar-refractivity contribution in [3.63, 3.8) is 0 Å². The lowest BCUT2D eigenvalue weighted by atomic mass is 9.88. The zero-order valence-electron chi connectivity index (χ0n) is 19.4. The van der Waals surface area contributed by atoms with Gasteiger partial charge in [-0.15, -0.1) is 10.2 Å². The van der Waals surface area contributed by atoms with E-state index in [2.05, 4.69) is 20.5 Å². The molecule has 0 aliphatic carbocycles. The summed E-state index contributed by atoms with van der Waals surface area (Å²) in [5.41, 5.74) is 4.41. The monoisotopic (exact) mass is 452 g/mol. The minimum atomic E-state index is -1.02. The number of nitrogens with zero attached hydrogens (tertiary/aromatic N) is 4. The van der Waals surface area contributed by atoms with Crippen LogP contribution in [0, 0.1) is 5.41 Å². The maximum absolute atomic E-state index is 12.9. The van der Waals surface area contributed by atoms with E-state index in [1.54, 1.807) is 38.1 Å². The highest BCUT2D eigenvalue weighted by Crippen LogP contribution is 2.25. The molecule has 0 saturated carbocycles. The van der Waals surface area contributed by atoms with E-state index < -0.39 is 22.7 Å². The number of amides is 1. The van der Waals surface area contributed by atoms with Crippen LogP contribution >= 0.6 is 0 Å². The minimum Gasteiger partial charge on any atom is -0.418 e. The number of rotatable bonds is 7. The highest BCUT2D eigenvalue weighted by molar-refractivity contribution is 5.96. The normalized spacial score (nSPS) is 11.9. The van der Waals surface area contributed by atoms with Gasteiger partial charge in [-0.3, -0.25) is 19.0 Å². The van der Waals surface area contributed by atoms with Crippen molar-refractivity contribution in [2.24, 2.45) is 5.41 Å². The minimum absolute atomic E-state index is 0.00304. The molecule has 0 aliphatic heterocycles. The van der Waals surface area contributed by atoms with Gasteiger partial charge in [0.1, 0.15) is 18.1 Å². The van der Waals surface area contributed by atoms with Crippen LogP contribution in [0.2, 0.25) is 0 Å². The van der Waals surface area contributed by atoms with Crippen molar-refractivity contribution in [3.8, 4) is 11.4 Å². The van der Waals surface area contributed by atoms with E-state index in [9.17, 15) is 14.4 Å². The molecule has 0 saturated heterocycles. The number of Topliss-reactive ketones (excluding diaryl/α,β-unsaturated/α-hetero) is 1. The van der Waals surface area contributed by atoms with Gasteiger partial charge in [0.15, 0.2) is 0 Å². The molecule has 1 amide bonds. The maximum atomic E-state index is 12.9. The second kappa shape index (κ2) is 8.97. The van der Waals surface area contributed by atoms with Gasteiger partial charge in [0.2, 0.25) is 17.6 Å². The Labute approximate surface area is 191 Å². The number of nitrogens with two attached hydrogens (primary N) is 1. The Morgan fingerprint density at radius 1 is 1.09 bits per heavy atom. The Kier molecular flexibility index (Phi) is 6.48. The second-order valence-corrected chi connectivity index (χ2v) is 9.45. The molecule has 3 aromatic rings. The van der Waals surface area contributed by atoms with Gasteiger partial charge >= 0.3 is 0 Å². The number of nitrogens with one attached hydrogen (secondary N) is 1. The van der Waals surface area contributed by atoms with Crippen molar-refractivity contribution < 1.29 is 14.0 Å². The Hall–Kier alpha value is -3.82. The standard InChI is InChI=1S/C23H28N6O4/c1-22(2,3)21-28-27-19(33-21)17(31)23(4,5)13-26-16(30)12-29-18(14-9-7-6-8-10-14)25-11-15(24)20(29)32/h6-11H,12-13,24H2,1-5H3,(H,26,30). The molecule has 33 heavy (non-hydrogen) atoms. The fourth-order valence-corrected chi connectivity index (χ4v) is 2.98. The van der Waals surface area contributed by atoms with E-state index in [-0.39, 0.29) is 30.1 Å². The number of benzene rings is 1. The van der Waals surface area contributed by atoms with Crippen LogP contribution in [0.4, 0.5) is 5.69 Å². The van der Waals surface area contributed by atoms with Crippen LogP contribution in [0.25, 0.3) is 11.4 Å². The van der Waals surface area contributed by atoms with E-state index in [0.29, 0.717) is 17.3 Å². The molecule has 0 radical (unpaired) electrons. The zero-order valence-corrected chi connectivity index (χ0v) is 19.4. The molecule has 3 rings (SSSR count). The van der Waals surface area contributed by atoms with E-state index >= 15 is 0 Å². The zero-order chi connectivity index (χ0) is 24.4. The first-order valence-corrected chi connectivity index (χ1v) is 10.5. The highest BCUT2D eigenvalue weighted by Gasteiger charge is 2.34. The average Bonchev–Trinajstić information content (AvgIpc) is 3.26. The van der Waals surface area contributed by atoms with Crippen molar-refractivity contribution in [2.45, 2.75) is 46.6 Å². The fraction of sp³-hybridized carbons (Fsp3) is 0.391. The third kappa shape index (κ3) is 5.33. The Morgan fingerprint density at radius 2 is 1.76 bits per heavy atom. The summed E-state index contributed by atoms with van der Waals surface area (Å²) in [6, 6.07) is 9.01. The quantitative estimate of drug-likeness (QED) is 0.519. The van der Waals surface area contributed by atoms with E-state index in [0.717, 1.165) is 0 Å². The van der Waals surface area contributed by atoms with Crippen LogP contribution in [0.1, 0.15) is 51.2 Å². The van der Waals surface area contributed by atoms with Gasteiger partial charge in [-0.1, -0.05) is 65.0 Å². The van der Waals surface area contributed by atoms with Crippen molar-refractivity contribution in [1.82, 2.24) is 25.1 Å². The summed E-state index contributed by atoms with van der Waals surface area (Å²) in [4.78, 5) is 42.4. The summed E-state index contributed by atoms with van der Waals surface area (Å²) >= 11 is 0. The molecule has 2 aromatic heterocycles. The van der Waals surface area contributed by atoms with E-state index in [4.69, 9.17) is 10.2 Å². The van der Waals surface area contributed by atoms with Gasteiger partial charge in [-0.05, 0) is 0 Å².